The molecule has 0 saturated heterocycles. The van der Waals surface area contributed by atoms with Gasteiger partial charge in [0.05, 0.1) is 0 Å². The van der Waals surface area contributed by atoms with E-state index in [0.717, 1.165) is 6.42 Å². The quantitative estimate of drug-likeness (QED) is 0.601. The van der Waals surface area contributed by atoms with Crippen molar-refractivity contribution in [2.45, 2.75) is 60.1 Å². The van der Waals surface area contributed by atoms with E-state index in [-0.39, 0.29) is 11.3 Å². The van der Waals surface area contributed by atoms with Crippen LogP contribution in [0.5, 0.6) is 0 Å². The third kappa shape index (κ3) is 4.74. The van der Waals surface area contributed by atoms with Crippen molar-refractivity contribution in [2.24, 2.45) is 11.3 Å². The largest absolute Gasteiger partial charge is 0.244 e. The van der Waals surface area contributed by atoms with Gasteiger partial charge in [-0.1, -0.05) is 34.6 Å². The third-order valence-corrected chi connectivity index (χ3v) is 2.57. The van der Waals surface area contributed by atoms with Crippen molar-refractivity contribution in [3.63, 3.8) is 0 Å². The highest BCUT2D eigenvalue weighted by Crippen LogP contribution is 2.32. The van der Waals surface area contributed by atoms with Gasteiger partial charge in [-0.15, -0.1) is 0 Å². The van der Waals surface area contributed by atoms with Crippen LogP contribution in [0.15, 0.2) is 0 Å². The molecule has 0 spiro atoms. The highest BCUT2D eigenvalue weighted by atomic mass is 19.1. The molecule has 0 saturated carbocycles. The molecule has 0 aliphatic carbocycles. The number of rotatable bonds is 3. The van der Waals surface area contributed by atoms with E-state index >= 15 is 0 Å². The maximum atomic E-state index is 13.7. The summed E-state index contributed by atoms with van der Waals surface area (Å²) in [4.78, 5) is 0. The fourth-order valence-electron chi connectivity index (χ4n) is 0.908. The molecule has 0 aliphatic heterocycles. The van der Waals surface area contributed by atoms with Crippen LogP contribution in [-0.4, -0.2) is 5.67 Å². The van der Waals surface area contributed by atoms with Gasteiger partial charge in [0, 0.05) is 0 Å². The SMILES string of the molecule is CC(C)C(C)(F)CCC(C)(C)C. The van der Waals surface area contributed by atoms with Gasteiger partial charge in [-0.3, -0.25) is 0 Å². The lowest BCUT2D eigenvalue weighted by molar-refractivity contribution is 0.0946. The van der Waals surface area contributed by atoms with E-state index in [0.29, 0.717) is 6.42 Å². The first-order valence-electron chi connectivity index (χ1n) is 4.84. The van der Waals surface area contributed by atoms with Crippen molar-refractivity contribution < 1.29 is 4.39 Å². The van der Waals surface area contributed by atoms with Gasteiger partial charge in [0.25, 0.3) is 0 Å². The maximum Gasteiger partial charge on any atom is 0.110 e. The Balaban J connectivity index is 3.93. The zero-order valence-electron chi connectivity index (χ0n) is 9.37. The molecule has 0 radical (unpaired) electrons. The third-order valence-electron chi connectivity index (χ3n) is 2.57. The molecule has 0 heterocycles. The summed E-state index contributed by atoms with van der Waals surface area (Å²) in [6.45, 7) is 12.1. The van der Waals surface area contributed by atoms with Crippen LogP contribution in [0, 0.1) is 11.3 Å². The lowest BCUT2D eigenvalue weighted by atomic mass is 9.82. The molecule has 0 N–H and O–H groups in total. The van der Waals surface area contributed by atoms with Crippen LogP contribution in [0.3, 0.4) is 0 Å². The Labute approximate surface area is 76.6 Å². The standard InChI is InChI=1S/C11H23F/c1-9(2)11(6,12)8-7-10(3,4)5/h9H,7-8H2,1-6H3. The van der Waals surface area contributed by atoms with E-state index in [1.807, 2.05) is 13.8 Å². The van der Waals surface area contributed by atoms with Crippen LogP contribution < -0.4 is 0 Å². The van der Waals surface area contributed by atoms with Gasteiger partial charge in [-0.25, -0.2) is 4.39 Å². The Morgan fingerprint density at radius 1 is 1.00 bits per heavy atom. The van der Waals surface area contributed by atoms with Crippen molar-refractivity contribution in [3.05, 3.63) is 0 Å². The molecular formula is C11H23F. The molecule has 0 bridgehead atoms. The molecule has 1 unspecified atom stereocenters. The molecule has 0 aromatic heterocycles. The van der Waals surface area contributed by atoms with Gasteiger partial charge in [-0.2, -0.15) is 0 Å². The van der Waals surface area contributed by atoms with E-state index in [4.69, 9.17) is 0 Å². The average molecular weight is 174 g/mol. The Morgan fingerprint density at radius 3 is 1.67 bits per heavy atom. The number of halogens is 1. The lowest BCUT2D eigenvalue weighted by Gasteiger charge is -2.28. The predicted molar refractivity (Wildman–Crippen MR) is 53.0 cm³/mol. The van der Waals surface area contributed by atoms with Crippen molar-refractivity contribution in [3.8, 4) is 0 Å². The molecular weight excluding hydrogens is 151 g/mol. The second kappa shape index (κ2) is 3.76. The lowest BCUT2D eigenvalue weighted by Crippen LogP contribution is -2.27. The predicted octanol–water partition coefficient (Wildman–Crippen LogP) is 4.20. The normalized spacial score (nSPS) is 18.0. The van der Waals surface area contributed by atoms with Gasteiger partial charge in [-0.05, 0) is 31.1 Å². The summed E-state index contributed by atoms with van der Waals surface area (Å²) in [5.41, 5.74) is -0.741. The number of hydrogen-bond acceptors (Lipinski definition) is 0. The van der Waals surface area contributed by atoms with E-state index in [2.05, 4.69) is 20.8 Å². The Morgan fingerprint density at radius 2 is 1.42 bits per heavy atom. The second-order valence-corrected chi connectivity index (χ2v) is 5.49. The highest BCUT2D eigenvalue weighted by molar-refractivity contribution is 4.79. The van der Waals surface area contributed by atoms with Crippen LogP contribution in [0.2, 0.25) is 0 Å². The molecule has 0 amide bonds. The zero-order chi connectivity index (χ0) is 9.99. The smallest absolute Gasteiger partial charge is 0.110 e. The van der Waals surface area contributed by atoms with Crippen molar-refractivity contribution >= 4 is 0 Å². The van der Waals surface area contributed by atoms with Crippen molar-refractivity contribution in [1.29, 1.82) is 0 Å². The van der Waals surface area contributed by atoms with Crippen molar-refractivity contribution in [2.75, 3.05) is 0 Å². The monoisotopic (exact) mass is 174 g/mol. The van der Waals surface area contributed by atoms with E-state index in [1.165, 1.54) is 0 Å². The van der Waals surface area contributed by atoms with Crippen LogP contribution in [0.4, 0.5) is 4.39 Å². The fourth-order valence-corrected chi connectivity index (χ4v) is 0.908. The van der Waals surface area contributed by atoms with Gasteiger partial charge in [0.1, 0.15) is 5.67 Å². The molecule has 0 fully saturated rings. The molecule has 74 valence electrons. The summed E-state index contributed by atoms with van der Waals surface area (Å²) in [7, 11) is 0. The average Bonchev–Trinajstić information content (AvgIpc) is 1.82. The van der Waals surface area contributed by atoms with Gasteiger partial charge >= 0.3 is 0 Å². The topological polar surface area (TPSA) is 0 Å². The Hall–Kier alpha value is -0.0700. The van der Waals surface area contributed by atoms with E-state index in [1.54, 1.807) is 6.92 Å². The number of alkyl halides is 1. The molecule has 0 rings (SSSR count). The summed E-state index contributed by atoms with van der Waals surface area (Å²) >= 11 is 0. The first-order chi connectivity index (χ1) is 5.15. The molecule has 0 aromatic carbocycles. The van der Waals surface area contributed by atoms with Crippen molar-refractivity contribution in [1.82, 2.24) is 0 Å². The van der Waals surface area contributed by atoms with Crippen LogP contribution >= 0.6 is 0 Å². The van der Waals surface area contributed by atoms with Gasteiger partial charge in [0.15, 0.2) is 0 Å². The first kappa shape index (κ1) is 11.9. The van der Waals surface area contributed by atoms with E-state index < -0.39 is 5.67 Å². The molecule has 0 aromatic rings. The second-order valence-electron chi connectivity index (χ2n) is 5.49. The summed E-state index contributed by atoms with van der Waals surface area (Å²) in [6, 6.07) is 0. The molecule has 0 aliphatic rings. The summed E-state index contributed by atoms with van der Waals surface area (Å²) in [5, 5.41) is 0. The fraction of sp³-hybridized carbons (Fsp3) is 1.00. The molecule has 1 heteroatoms. The maximum absolute atomic E-state index is 13.7. The minimum absolute atomic E-state index is 0.125. The summed E-state index contributed by atoms with van der Waals surface area (Å²) in [5.74, 6) is 0.125. The minimum atomic E-state index is -0.993. The number of hydrogen-bond donors (Lipinski definition) is 0. The summed E-state index contributed by atoms with van der Waals surface area (Å²) < 4.78 is 13.7. The Bertz CT molecular complexity index is 128. The van der Waals surface area contributed by atoms with Gasteiger partial charge in [0.2, 0.25) is 0 Å². The molecule has 0 nitrogen and oxygen atoms in total. The van der Waals surface area contributed by atoms with E-state index in [9.17, 15) is 4.39 Å². The zero-order valence-corrected chi connectivity index (χ0v) is 9.37. The van der Waals surface area contributed by atoms with Crippen LogP contribution in [-0.2, 0) is 0 Å². The van der Waals surface area contributed by atoms with Crippen LogP contribution in [0.1, 0.15) is 54.4 Å². The van der Waals surface area contributed by atoms with Gasteiger partial charge < -0.3 is 0 Å². The first-order valence-corrected chi connectivity index (χ1v) is 4.84. The Kier molecular flexibility index (Phi) is 3.74. The molecule has 1 atom stereocenters. The minimum Gasteiger partial charge on any atom is -0.244 e. The summed E-state index contributed by atoms with van der Waals surface area (Å²) in [6.07, 6.45) is 1.63. The highest BCUT2D eigenvalue weighted by Gasteiger charge is 2.28. The van der Waals surface area contributed by atoms with Crippen LogP contribution in [0.25, 0.3) is 0 Å². The molecule has 12 heavy (non-hydrogen) atoms.